The lowest BCUT2D eigenvalue weighted by atomic mass is 10.1. The molecule has 0 saturated carbocycles. The smallest absolute Gasteiger partial charge is 0.410 e. The van der Waals surface area contributed by atoms with Gasteiger partial charge in [0, 0.05) is 25.7 Å². The average molecular weight is 629 g/mol. The summed E-state index contributed by atoms with van der Waals surface area (Å²) in [6.45, 7) is 6.31. The summed E-state index contributed by atoms with van der Waals surface area (Å²) in [4.78, 5) is 36.1. The summed E-state index contributed by atoms with van der Waals surface area (Å²) in [6, 6.07) is 18.3. The topological polar surface area (TPSA) is 128 Å². The lowest BCUT2D eigenvalue weighted by molar-refractivity contribution is 0.0248. The zero-order chi connectivity index (χ0) is 33.0. The van der Waals surface area contributed by atoms with E-state index in [1.165, 1.54) is 10.6 Å². The standard InChI is InChI=1S/C35H40N4O7/c1-35(2,3)46-34(42)38(19-16-22-12-15-27(44-5)28(20-22)45-6)17-9-18-39-29(40)21-23-13-14-25-31(30(23)33(39)41)37-32(36-25)24-10-7-8-11-26(24)43-4/h7-8,10-15,20-21,41H,9,16-19H2,1-6H3,(H,36,37). The van der Waals surface area contributed by atoms with E-state index >= 15 is 0 Å². The molecule has 0 saturated heterocycles. The van der Waals surface area contributed by atoms with E-state index in [1.807, 2.05) is 69.3 Å². The molecule has 0 aliphatic carbocycles. The van der Waals surface area contributed by atoms with E-state index in [9.17, 15) is 14.7 Å². The molecule has 0 spiro atoms. The highest BCUT2D eigenvalue weighted by molar-refractivity contribution is 6.07. The number of carbonyl (C=O) groups excluding carboxylic acids is 1. The van der Waals surface area contributed by atoms with Crippen LogP contribution in [0.25, 0.3) is 33.2 Å². The molecule has 2 heterocycles. The van der Waals surface area contributed by atoms with E-state index in [0.717, 1.165) is 11.1 Å². The fourth-order valence-corrected chi connectivity index (χ4v) is 5.42. The van der Waals surface area contributed by atoms with Gasteiger partial charge in [-0.3, -0.25) is 9.36 Å². The maximum atomic E-state index is 13.2. The molecular formula is C35H40N4O7. The fourth-order valence-electron chi connectivity index (χ4n) is 5.42. The number of aromatic amines is 1. The summed E-state index contributed by atoms with van der Waals surface area (Å²) in [6.07, 6.45) is 0.490. The normalized spacial score (nSPS) is 11.5. The Balaban J connectivity index is 1.39. The first-order valence-electron chi connectivity index (χ1n) is 15.1. The van der Waals surface area contributed by atoms with Crippen molar-refractivity contribution in [3.8, 4) is 34.5 Å². The summed E-state index contributed by atoms with van der Waals surface area (Å²) < 4.78 is 23.3. The van der Waals surface area contributed by atoms with Gasteiger partial charge in [0.05, 0.1) is 37.8 Å². The van der Waals surface area contributed by atoms with Crippen molar-refractivity contribution in [2.45, 2.75) is 45.8 Å². The number of aromatic hydroxyl groups is 1. The van der Waals surface area contributed by atoms with Crippen LogP contribution in [0.1, 0.15) is 32.8 Å². The van der Waals surface area contributed by atoms with Crippen LogP contribution < -0.4 is 19.8 Å². The molecule has 2 aromatic heterocycles. The Morgan fingerprint density at radius 2 is 1.67 bits per heavy atom. The second kappa shape index (κ2) is 13.4. The number of para-hydroxylation sites is 1. The predicted octanol–water partition coefficient (Wildman–Crippen LogP) is 6.15. The first kappa shape index (κ1) is 32.2. The maximum Gasteiger partial charge on any atom is 0.410 e. The summed E-state index contributed by atoms with van der Waals surface area (Å²) in [5, 5.41) is 12.5. The predicted molar refractivity (Wildman–Crippen MR) is 177 cm³/mol. The largest absolute Gasteiger partial charge is 0.496 e. The number of H-pyrrole nitrogens is 1. The van der Waals surface area contributed by atoms with Gasteiger partial charge in [-0.1, -0.05) is 24.3 Å². The molecule has 11 heteroatoms. The van der Waals surface area contributed by atoms with E-state index < -0.39 is 11.7 Å². The van der Waals surface area contributed by atoms with Crippen molar-refractivity contribution >= 4 is 27.9 Å². The van der Waals surface area contributed by atoms with Gasteiger partial charge in [-0.05, 0) is 74.9 Å². The molecule has 3 aromatic carbocycles. The van der Waals surface area contributed by atoms with Gasteiger partial charge in [-0.2, -0.15) is 0 Å². The molecule has 11 nitrogen and oxygen atoms in total. The van der Waals surface area contributed by atoms with Gasteiger partial charge < -0.3 is 33.9 Å². The second-order valence-electron chi connectivity index (χ2n) is 11.9. The van der Waals surface area contributed by atoms with E-state index in [2.05, 4.69) is 4.98 Å². The number of aromatic nitrogens is 3. The van der Waals surface area contributed by atoms with Gasteiger partial charge in [0.15, 0.2) is 11.5 Å². The fraction of sp³-hybridized carbons (Fsp3) is 0.343. The van der Waals surface area contributed by atoms with Gasteiger partial charge in [-0.15, -0.1) is 0 Å². The molecule has 0 atom stereocenters. The van der Waals surface area contributed by atoms with Crippen LogP contribution >= 0.6 is 0 Å². The minimum absolute atomic E-state index is 0.177. The number of hydrogen-bond donors (Lipinski definition) is 2. The molecule has 0 unspecified atom stereocenters. The number of imidazole rings is 1. The van der Waals surface area contributed by atoms with E-state index in [0.29, 0.717) is 70.8 Å². The number of nitrogens with one attached hydrogen (secondary N) is 1. The lowest BCUT2D eigenvalue weighted by Gasteiger charge is -2.27. The molecule has 0 fully saturated rings. The molecule has 1 amide bonds. The summed E-state index contributed by atoms with van der Waals surface area (Å²) in [7, 11) is 4.76. The van der Waals surface area contributed by atoms with Gasteiger partial charge in [-0.25, -0.2) is 9.78 Å². The van der Waals surface area contributed by atoms with Crippen molar-refractivity contribution in [2.75, 3.05) is 34.4 Å². The Morgan fingerprint density at radius 1 is 0.935 bits per heavy atom. The van der Waals surface area contributed by atoms with Crippen molar-refractivity contribution in [3.63, 3.8) is 0 Å². The van der Waals surface area contributed by atoms with Crippen LogP contribution in [-0.4, -0.2) is 70.7 Å². The van der Waals surface area contributed by atoms with Crippen LogP contribution in [0.4, 0.5) is 4.79 Å². The zero-order valence-electron chi connectivity index (χ0n) is 27.0. The molecule has 0 radical (unpaired) electrons. The zero-order valence-corrected chi connectivity index (χ0v) is 27.0. The van der Waals surface area contributed by atoms with E-state index in [-0.39, 0.29) is 18.0 Å². The molecule has 2 N–H and O–H groups in total. The van der Waals surface area contributed by atoms with Crippen molar-refractivity contribution in [3.05, 3.63) is 76.6 Å². The highest BCUT2D eigenvalue weighted by Gasteiger charge is 2.23. The number of nitrogens with zero attached hydrogens (tertiary/aromatic N) is 3. The molecular weight excluding hydrogens is 588 g/mol. The maximum absolute atomic E-state index is 13.2. The number of pyridine rings is 1. The molecule has 46 heavy (non-hydrogen) atoms. The molecule has 0 aliphatic rings. The minimum Gasteiger partial charge on any atom is -0.496 e. The number of amides is 1. The van der Waals surface area contributed by atoms with Crippen molar-refractivity contribution in [2.24, 2.45) is 0 Å². The molecule has 5 aromatic rings. The monoisotopic (exact) mass is 628 g/mol. The first-order chi connectivity index (χ1) is 22.0. The quantitative estimate of drug-likeness (QED) is 0.178. The third-order valence-electron chi connectivity index (χ3n) is 7.65. The number of ether oxygens (including phenoxy) is 4. The van der Waals surface area contributed by atoms with Crippen LogP contribution in [0.2, 0.25) is 0 Å². The van der Waals surface area contributed by atoms with Crippen LogP contribution in [0.3, 0.4) is 0 Å². The Bertz CT molecular complexity index is 1920. The average Bonchev–Trinajstić information content (AvgIpc) is 3.47. The first-order valence-corrected chi connectivity index (χ1v) is 15.1. The van der Waals surface area contributed by atoms with Crippen LogP contribution in [0.15, 0.2) is 65.5 Å². The number of rotatable bonds is 11. The van der Waals surface area contributed by atoms with Crippen molar-refractivity contribution in [1.29, 1.82) is 0 Å². The van der Waals surface area contributed by atoms with Gasteiger partial charge in [0.1, 0.15) is 22.7 Å². The molecule has 0 bridgehead atoms. The SMILES string of the molecule is COc1ccc(CCN(CCCn2c(O)c3c(ccc4[nH]c(-c5ccccc5OC)nc43)cc2=O)C(=O)OC(C)(C)C)cc1OC. The molecule has 0 aliphatic heterocycles. The highest BCUT2D eigenvalue weighted by Crippen LogP contribution is 2.34. The van der Waals surface area contributed by atoms with E-state index in [1.54, 1.807) is 32.3 Å². The van der Waals surface area contributed by atoms with Crippen LogP contribution in [0.5, 0.6) is 23.1 Å². The minimum atomic E-state index is -0.677. The van der Waals surface area contributed by atoms with Crippen molar-refractivity contribution in [1.82, 2.24) is 19.4 Å². The Kier molecular flexibility index (Phi) is 9.41. The summed E-state index contributed by atoms with van der Waals surface area (Å²) >= 11 is 0. The summed E-state index contributed by atoms with van der Waals surface area (Å²) in [5.74, 6) is 2.29. The second-order valence-corrected chi connectivity index (χ2v) is 11.9. The number of fused-ring (bicyclic) bond motifs is 3. The molecule has 5 rings (SSSR count). The summed E-state index contributed by atoms with van der Waals surface area (Å²) in [5.41, 5.74) is 1.96. The van der Waals surface area contributed by atoms with Crippen molar-refractivity contribution < 1.29 is 28.8 Å². The van der Waals surface area contributed by atoms with E-state index in [4.69, 9.17) is 23.9 Å². The van der Waals surface area contributed by atoms with Crippen LogP contribution in [-0.2, 0) is 17.7 Å². The Hall–Kier alpha value is -5.19. The van der Waals surface area contributed by atoms with Gasteiger partial charge in [0.25, 0.3) is 5.56 Å². The third-order valence-corrected chi connectivity index (χ3v) is 7.65. The number of hydrogen-bond acceptors (Lipinski definition) is 8. The van der Waals surface area contributed by atoms with Crippen LogP contribution in [0, 0.1) is 0 Å². The third kappa shape index (κ3) is 6.88. The molecule has 242 valence electrons. The number of benzene rings is 3. The Morgan fingerprint density at radius 3 is 2.39 bits per heavy atom. The number of methoxy groups -OCH3 is 3. The Labute approximate surface area is 267 Å². The number of carbonyl (C=O) groups is 1. The van der Waals surface area contributed by atoms with Gasteiger partial charge in [0.2, 0.25) is 5.88 Å². The highest BCUT2D eigenvalue weighted by atomic mass is 16.6. The lowest BCUT2D eigenvalue weighted by Crippen LogP contribution is -2.39. The van der Waals surface area contributed by atoms with Gasteiger partial charge >= 0.3 is 6.09 Å².